The molecular weight excluding hydrogens is 202 g/mol. The largest absolute Gasteiger partial charge is 0.396 e. The minimum Gasteiger partial charge on any atom is -0.396 e. The third-order valence-electron chi connectivity index (χ3n) is 2.11. The van der Waals surface area contributed by atoms with Crippen molar-refractivity contribution in [2.75, 3.05) is 11.1 Å². The van der Waals surface area contributed by atoms with Crippen LogP contribution in [0.25, 0.3) is 0 Å². The van der Waals surface area contributed by atoms with Crippen LogP contribution in [0.2, 0.25) is 0 Å². The molecule has 2 rings (SSSR count). The monoisotopic (exact) mass is 215 g/mol. The molecule has 0 aromatic carbocycles. The summed E-state index contributed by atoms with van der Waals surface area (Å²) in [5.41, 5.74) is 7.30. The molecule has 0 fully saturated rings. The van der Waals surface area contributed by atoms with Crippen LogP contribution in [0.3, 0.4) is 0 Å². The molecular formula is C11H13N5. The van der Waals surface area contributed by atoms with Gasteiger partial charge in [0, 0.05) is 12.4 Å². The van der Waals surface area contributed by atoms with Gasteiger partial charge in [0.1, 0.15) is 11.6 Å². The summed E-state index contributed by atoms with van der Waals surface area (Å²) in [4.78, 5) is 12.4. The van der Waals surface area contributed by atoms with Crippen molar-refractivity contribution in [2.45, 2.75) is 13.5 Å². The predicted octanol–water partition coefficient (Wildman–Crippen LogP) is 1.37. The van der Waals surface area contributed by atoms with Gasteiger partial charge >= 0.3 is 0 Å². The molecule has 5 nitrogen and oxygen atoms in total. The average Bonchev–Trinajstić information content (AvgIpc) is 2.28. The molecule has 0 aliphatic carbocycles. The lowest BCUT2D eigenvalue weighted by molar-refractivity contribution is 0.950. The number of anilines is 2. The van der Waals surface area contributed by atoms with E-state index in [0.717, 1.165) is 11.5 Å². The molecule has 2 aromatic rings. The van der Waals surface area contributed by atoms with Crippen molar-refractivity contribution in [3.8, 4) is 0 Å². The quantitative estimate of drug-likeness (QED) is 0.808. The molecule has 0 aliphatic rings. The van der Waals surface area contributed by atoms with E-state index in [2.05, 4.69) is 20.3 Å². The van der Waals surface area contributed by atoms with E-state index in [9.17, 15) is 0 Å². The van der Waals surface area contributed by atoms with E-state index in [1.54, 1.807) is 24.5 Å². The van der Waals surface area contributed by atoms with Crippen LogP contribution >= 0.6 is 0 Å². The Hall–Kier alpha value is -2.17. The van der Waals surface area contributed by atoms with Crippen molar-refractivity contribution in [3.05, 3.63) is 42.1 Å². The lowest BCUT2D eigenvalue weighted by Gasteiger charge is -2.07. The highest BCUT2D eigenvalue weighted by Crippen LogP contribution is 2.13. The highest BCUT2D eigenvalue weighted by molar-refractivity contribution is 5.60. The van der Waals surface area contributed by atoms with Gasteiger partial charge in [-0.3, -0.25) is 0 Å². The van der Waals surface area contributed by atoms with Crippen molar-refractivity contribution < 1.29 is 0 Å². The van der Waals surface area contributed by atoms with Gasteiger partial charge in [-0.2, -0.15) is 0 Å². The van der Waals surface area contributed by atoms with Crippen molar-refractivity contribution in [2.24, 2.45) is 0 Å². The Bertz CT molecular complexity index is 483. The third-order valence-corrected chi connectivity index (χ3v) is 2.11. The summed E-state index contributed by atoms with van der Waals surface area (Å²) in [6.45, 7) is 2.45. The number of hydrogen-bond donors (Lipinski definition) is 2. The molecule has 0 radical (unpaired) electrons. The second-order valence-corrected chi connectivity index (χ2v) is 3.39. The van der Waals surface area contributed by atoms with Gasteiger partial charge in [-0.25, -0.2) is 15.0 Å². The maximum atomic E-state index is 5.76. The minimum absolute atomic E-state index is 0.588. The normalized spacial score (nSPS) is 10.1. The van der Waals surface area contributed by atoms with Crippen molar-refractivity contribution in [1.82, 2.24) is 15.0 Å². The van der Waals surface area contributed by atoms with Crippen molar-refractivity contribution >= 4 is 11.5 Å². The fourth-order valence-electron chi connectivity index (χ4n) is 1.34. The van der Waals surface area contributed by atoms with Gasteiger partial charge in [0.2, 0.25) is 0 Å². The lowest BCUT2D eigenvalue weighted by atomic mass is 10.3. The highest BCUT2D eigenvalue weighted by Gasteiger charge is 2.00. The molecule has 2 heterocycles. The second-order valence-electron chi connectivity index (χ2n) is 3.39. The molecule has 0 unspecified atom stereocenters. The van der Waals surface area contributed by atoms with Gasteiger partial charge in [0.25, 0.3) is 0 Å². The average molecular weight is 215 g/mol. The molecule has 0 saturated heterocycles. The molecule has 3 N–H and O–H groups in total. The summed E-state index contributed by atoms with van der Waals surface area (Å²) >= 11 is 0. The number of rotatable bonds is 3. The standard InChI is InChI=1S/C11H13N5/c1-8-13-6-4-9(16-8)7-15-11-10(12)3-2-5-14-11/h2-6H,7,12H2,1H3,(H,14,15). The van der Waals surface area contributed by atoms with Crippen LogP contribution in [0.1, 0.15) is 11.5 Å². The Morgan fingerprint density at radius 1 is 1.25 bits per heavy atom. The van der Waals surface area contributed by atoms with E-state index in [0.29, 0.717) is 18.1 Å². The van der Waals surface area contributed by atoms with Crippen molar-refractivity contribution in [1.29, 1.82) is 0 Å². The zero-order valence-electron chi connectivity index (χ0n) is 9.01. The molecule has 0 spiro atoms. The summed E-state index contributed by atoms with van der Waals surface area (Å²) in [6, 6.07) is 5.47. The molecule has 2 aromatic heterocycles. The third kappa shape index (κ3) is 2.44. The fraction of sp³-hybridized carbons (Fsp3) is 0.182. The van der Waals surface area contributed by atoms with E-state index in [4.69, 9.17) is 5.73 Å². The fourth-order valence-corrected chi connectivity index (χ4v) is 1.34. The van der Waals surface area contributed by atoms with Gasteiger partial charge in [0.15, 0.2) is 0 Å². The van der Waals surface area contributed by atoms with Gasteiger partial charge in [-0.05, 0) is 25.1 Å². The first kappa shape index (κ1) is 10.4. The van der Waals surface area contributed by atoms with Crippen LogP contribution in [-0.2, 0) is 6.54 Å². The second kappa shape index (κ2) is 4.57. The van der Waals surface area contributed by atoms with E-state index >= 15 is 0 Å². The van der Waals surface area contributed by atoms with Crippen LogP contribution in [0.5, 0.6) is 0 Å². The van der Waals surface area contributed by atoms with E-state index in [1.807, 2.05) is 13.0 Å². The summed E-state index contributed by atoms with van der Waals surface area (Å²) in [6.07, 6.45) is 3.44. The number of nitrogens with one attached hydrogen (secondary N) is 1. The first-order valence-corrected chi connectivity index (χ1v) is 4.98. The molecule has 0 saturated carbocycles. The Labute approximate surface area is 93.8 Å². The number of aryl methyl sites for hydroxylation is 1. The zero-order chi connectivity index (χ0) is 11.4. The summed E-state index contributed by atoms with van der Waals surface area (Å²) in [5, 5.41) is 3.13. The molecule has 0 aliphatic heterocycles. The molecule has 82 valence electrons. The van der Waals surface area contributed by atoms with E-state index in [1.165, 1.54) is 0 Å². The maximum Gasteiger partial charge on any atom is 0.149 e. The van der Waals surface area contributed by atoms with Crippen LogP contribution < -0.4 is 11.1 Å². The maximum absolute atomic E-state index is 5.76. The van der Waals surface area contributed by atoms with Crippen molar-refractivity contribution in [3.63, 3.8) is 0 Å². The minimum atomic E-state index is 0.588. The first-order chi connectivity index (χ1) is 7.75. The highest BCUT2D eigenvalue weighted by atomic mass is 15.0. The first-order valence-electron chi connectivity index (χ1n) is 4.98. The van der Waals surface area contributed by atoms with Crippen LogP contribution in [0, 0.1) is 6.92 Å². The summed E-state index contributed by atoms with van der Waals surface area (Å²) < 4.78 is 0. The van der Waals surface area contributed by atoms with Crippen LogP contribution in [0.4, 0.5) is 11.5 Å². The molecule has 5 heteroatoms. The van der Waals surface area contributed by atoms with E-state index < -0.39 is 0 Å². The number of hydrogen-bond acceptors (Lipinski definition) is 5. The Balaban J connectivity index is 2.05. The molecule has 0 amide bonds. The Kier molecular flexibility index (Phi) is 2.95. The van der Waals surface area contributed by atoms with Crippen LogP contribution in [-0.4, -0.2) is 15.0 Å². The molecule has 0 atom stereocenters. The number of nitrogens with two attached hydrogens (primary N) is 1. The Morgan fingerprint density at radius 3 is 2.88 bits per heavy atom. The van der Waals surface area contributed by atoms with E-state index in [-0.39, 0.29) is 0 Å². The smallest absolute Gasteiger partial charge is 0.149 e. The topological polar surface area (TPSA) is 76.7 Å². The van der Waals surface area contributed by atoms with Crippen LogP contribution in [0.15, 0.2) is 30.6 Å². The SMILES string of the molecule is Cc1nccc(CNc2ncccc2N)n1. The number of nitrogen functional groups attached to an aromatic ring is 1. The van der Waals surface area contributed by atoms with Gasteiger partial charge in [0.05, 0.1) is 17.9 Å². The summed E-state index contributed by atoms with van der Waals surface area (Å²) in [7, 11) is 0. The zero-order valence-corrected chi connectivity index (χ0v) is 9.01. The van der Waals surface area contributed by atoms with Gasteiger partial charge in [-0.15, -0.1) is 0 Å². The number of nitrogens with zero attached hydrogens (tertiary/aromatic N) is 3. The van der Waals surface area contributed by atoms with Gasteiger partial charge in [-0.1, -0.05) is 0 Å². The Morgan fingerprint density at radius 2 is 2.12 bits per heavy atom. The lowest BCUT2D eigenvalue weighted by Crippen LogP contribution is -2.06. The number of pyridine rings is 1. The molecule has 0 bridgehead atoms. The summed E-state index contributed by atoms with van der Waals surface area (Å²) in [5.74, 6) is 1.44. The van der Waals surface area contributed by atoms with Gasteiger partial charge < -0.3 is 11.1 Å². The molecule has 16 heavy (non-hydrogen) atoms. The predicted molar refractivity (Wildman–Crippen MR) is 62.7 cm³/mol. The number of aromatic nitrogens is 3.